The summed E-state index contributed by atoms with van der Waals surface area (Å²) in [7, 11) is -5.01. The first-order chi connectivity index (χ1) is 13.4. The monoisotopic (exact) mass is 468 g/mol. The summed E-state index contributed by atoms with van der Waals surface area (Å²) in [6.07, 6.45) is -3.31. The first-order valence-corrected chi connectivity index (χ1v) is 11.8. The van der Waals surface area contributed by atoms with E-state index < -0.39 is 32.4 Å². The zero-order valence-corrected chi connectivity index (χ0v) is 17.6. The maximum absolute atomic E-state index is 12.9. The smallest absolute Gasteiger partial charge is 0.368 e. The van der Waals surface area contributed by atoms with E-state index >= 15 is 0 Å². The van der Waals surface area contributed by atoms with Crippen LogP contribution in [0.2, 0.25) is 5.02 Å². The van der Waals surface area contributed by atoms with Crippen LogP contribution in [0.1, 0.15) is 18.2 Å². The number of anilines is 1. The van der Waals surface area contributed by atoms with Crippen LogP contribution in [0.25, 0.3) is 5.69 Å². The minimum atomic E-state index is -4.60. The van der Waals surface area contributed by atoms with Gasteiger partial charge in [-0.3, -0.25) is 4.21 Å². The summed E-state index contributed by atoms with van der Waals surface area (Å²) in [5, 5.41) is 15.8. The van der Waals surface area contributed by atoms with Crippen LogP contribution in [-0.2, 0) is 26.8 Å². The first-order valence-electron chi connectivity index (χ1n) is 8.09. The Hall–Kier alpha value is -2.10. The molecule has 1 unspecified atom stereocenters. The molecule has 0 aliphatic carbocycles. The van der Waals surface area contributed by atoms with E-state index in [2.05, 4.69) is 10.4 Å². The average molecular weight is 469 g/mol. The SMILES string of the molecule is CCS(=O)(=O)CCNc1c(S(C)=O)c(C#N)nn1-c1ccc(C(F)(F)F)cc1Cl. The van der Waals surface area contributed by atoms with Gasteiger partial charge >= 0.3 is 6.18 Å². The molecule has 13 heteroatoms. The highest BCUT2D eigenvalue weighted by molar-refractivity contribution is 7.91. The fraction of sp³-hybridized carbons (Fsp3) is 0.375. The van der Waals surface area contributed by atoms with E-state index in [1.165, 1.54) is 13.2 Å². The molecular formula is C16H16ClF3N4O3S2. The standard InChI is InChI=1S/C16H16ClF3N4O3S2/c1-3-29(26,27)7-6-22-15-14(28(2)25)12(9-21)23-24(15)13-5-4-10(8-11(13)17)16(18,19)20/h4-5,8,22H,3,6-7H2,1-2H3. The van der Waals surface area contributed by atoms with Crippen molar-refractivity contribution < 1.29 is 25.8 Å². The quantitative estimate of drug-likeness (QED) is 0.669. The Balaban J connectivity index is 2.57. The molecule has 0 spiro atoms. The Morgan fingerprint density at radius 1 is 1.38 bits per heavy atom. The summed E-state index contributed by atoms with van der Waals surface area (Å²) in [6.45, 7) is 1.40. The van der Waals surface area contributed by atoms with Crippen molar-refractivity contribution in [2.75, 3.05) is 29.6 Å². The largest absolute Gasteiger partial charge is 0.416 e. The normalized spacial score (nSPS) is 13.1. The van der Waals surface area contributed by atoms with Gasteiger partial charge in [0.25, 0.3) is 0 Å². The molecule has 0 saturated heterocycles. The lowest BCUT2D eigenvalue weighted by Crippen LogP contribution is -2.19. The lowest BCUT2D eigenvalue weighted by Gasteiger charge is -2.14. The van der Waals surface area contributed by atoms with Gasteiger partial charge in [0.05, 0.1) is 32.8 Å². The number of hydrogen-bond acceptors (Lipinski definition) is 6. The minimum absolute atomic E-state index is 0.00244. The molecule has 0 aliphatic heterocycles. The second-order valence-electron chi connectivity index (χ2n) is 5.83. The number of rotatable bonds is 7. The first kappa shape index (κ1) is 23.2. The van der Waals surface area contributed by atoms with Gasteiger partial charge < -0.3 is 5.32 Å². The molecule has 0 radical (unpaired) electrons. The molecule has 1 aromatic heterocycles. The fourth-order valence-electron chi connectivity index (χ4n) is 2.40. The van der Waals surface area contributed by atoms with E-state index in [1.54, 1.807) is 6.07 Å². The van der Waals surface area contributed by atoms with Gasteiger partial charge in [-0.1, -0.05) is 18.5 Å². The highest BCUT2D eigenvalue weighted by atomic mass is 35.5. The highest BCUT2D eigenvalue weighted by Gasteiger charge is 2.31. The summed E-state index contributed by atoms with van der Waals surface area (Å²) >= 11 is 6.01. The van der Waals surface area contributed by atoms with Gasteiger partial charge in [-0.15, -0.1) is 0 Å². The van der Waals surface area contributed by atoms with Gasteiger partial charge in [-0.2, -0.15) is 23.5 Å². The maximum Gasteiger partial charge on any atom is 0.416 e. The second-order valence-corrected chi connectivity index (χ2v) is 10.0. The molecule has 158 valence electrons. The zero-order chi connectivity index (χ0) is 22.0. The van der Waals surface area contributed by atoms with Crippen LogP contribution in [0.3, 0.4) is 0 Å². The predicted octanol–water partition coefficient (Wildman–Crippen LogP) is 3.00. The number of halogens is 4. The van der Waals surface area contributed by atoms with Crippen LogP contribution in [0.5, 0.6) is 0 Å². The molecule has 1 aromatic carbocycles. The van der Waals surface area contributed by atoms with Gasteiger partial charge in [-0.25, -0.2) is 13.1 Å². The van der Waals surface area contributed by atoms with E-state index in [4.69, 9.17) is 11.6 Å². The Morgan fingerprint density at radius 2 is 2.03 bits per heavy atom. The van der Waals surface area contributed by atoms with Crippen molar-refractivity contribution in [3.05, 3.63) is 34.5 Å². The second kappa shape index (κ2) is 8.73. The molecule has 29 heavy (non-hydrogen) atoms. The van der Waals surface area contributed by atoms with Gasteiger partial charge in [0.1, 0.15) is 16.8 Å². The molecule has 2 rings (SSSR count). The van der Waals surface area contributed by atoms with Crippen molar-refractivity contribution in [3.8, 4) is 11.8 Å². The Morgan fingerprint density at radius 3 is 2.52 bits per heavy atom. The van der Waals surface area contributed by atoms with Gasteiger partial charge in [0.15, 0.2) is 15.5 Å². The van der Waals surface area contributed by atoms with Crippen molar-refractivity contribution in [2.24, 2.45) is 0 Å². The Labute approximate surface area is 172 Å². The van der Waals surface area contributed by atoms with E-state index in [1.807, 2.05) is 0 Å². The van der Waals surface area contributed by atoms with Crippen molar-refractivity contribution in [1.29, 1.82) is 5.26 Å². The molecule has 0 aliphatic rings. The summed E-state index contributed by atoms with van der Waals surface area (Å²) in [4.78, 5) is -0.00244. The molecule has 7 nitrogen and oxygen atoms in total. The van der Waals surface area contributed by atoms with Crippen LogP contribution in [0.15, 0.2) is 23.1 Å². The predicted molar refractivity (Wildman–Crippen MR) is 103 cm³/mol. The third-order valence-corrected chi connectivity index (χ3v) is 6.85. The van der Waals surface area contributed by atoms with E-state index in [-0.39, 0.29) is 45.2 Å². The average Bonchev–Trinajstić information content (AvgIpc) is 2.99. The van der Waals surface area contributed by atoms with Gasteiger partial charge in [-0.05, 0) is 18.2 Å². The molecule has 1 atom stereocenters. The van der Waals surface area contributed by atoms with Crippen molar-refractivity contribution in [3.63, 3.8) is 0 Å². The number of aromatic nitrogens is 2. The number of sulfone groups is 1. The molecule has 1 N–H and O–H groups in total. The molecule has 2 aromatic rings. The minimum Gasteiger partial charge on any atom is -0.368 e. The van der Waals surface area contributed by atoms with Crippen LogP contribution in [0.4, 0.5) is 19.0 Å². The lowest BCUT2D eigenvalue weighted by molar-refractivity contribution is -0.137. The molecular weight excluding hydrogens is 453 g/mol. The van der Waals surface area contributed by atoms with Crippen molar-refractivity contribution in [1.82, 2.24) is 9.78 Å². The van der Waals surface area contributed by atoms with E-state index in [0.29, 0.717) is 6.07 Å². The molecule has 0 fully saturated rings. The molecule has 1 heterocycles. The van der Waals surface area contributed by atoms with E-state index in [0.717, 1.165) is 16.8 Å². The lowest BCUT2D eigenvalue weighted by atomic mass is 10.2. The number of hydrogen-bond donors (Lipinski definition) is 1. The van der Waals surface area contributed by atoms with Gasteiger partial charge in [0, 0.05) is 18.6 Å². The highest BCUT2D eigenvalue weighted by Crippen LogP contribution is 2.35. The zero-order valence-electron chi connectivity index (χ0n) is 15.2. The topological polar surface area (TPSA) is 105 Å². The fourth-order valence-corrected chi connectivity index (χ4v) is 4.15. The number of benzene rings is 1. The third kappa shape index (κ3) is 5.29. The Bertz CT molecular complexity index is 1090. The number of nitrogens with zero attached hydrogens (tertiary/aromatic N) is 3. The van der Waals surface area contributed by atoms with E-state index in [9.17, 15) is 31.1 Å². The number of nitriles is 1. The summed E-state index contributed by atoms with van der Waals surface area (Å²) in [5.41, 5.74) is -1.18. The number of alkyl halides is 3. The Kier molecular flexibility index (Phi) is 6.97. The summed E-state index contributed by atoms with van der Waals surface area (Å²) in [6, 6.07) is 4.34. The van der Waals surface area contributed by atoms with Gasteiger partial charge in [0.2, 0.25) is 0 Å². The summed E-state index contributed by atoms with van der Waals surface area (Å²) in [5.74, 6) is -0.294. The maximum atomic E-state index is 12.9. The van der Waals surface area contributed by atoms with Crippen LogP contribution < -0.4 is 5.32 Å². The summed E-state index contributed by atoms with van der Waals surface area (Å²) < 4.78 is 75.3. The van der Waals surface area contributed by atoms with Crippen molar-refractivity contribution in [2.45, 2.75) is 18.0 Å². The van der Waals surface area contributed by atoms with Crippen LogP contribution in [0, 0.1) is 11.3 Å². The molecule has 0 bridgehead atoms. The number of nitrogens with one attached hydrogen (secondary N) is 1. The van der Waals surface area contributed by atoms with Crippen LogP contribution >= 0.6 is 11.6 Å². The van der Waals surface area contributed by atoms with Crippen molar-refractivity contribution >= 4 is 38.1 Å². The molecule has 0 saturated carbocycles. The molecule has 0 amide bonds. The van der Waals surface area contributed by atoms with Crippen LogP contribution in [-0.4, -0.2) is 46.7 Å². The third-order valence-electron chi connectivity index (χ3n) is 3.88.